The van der Waals surface area contributed by atoms with Gasteiger partial charge in [0.1, 0.15) is 11.0 Å². The SMILES string of the molecule is CCC(C(=O)Nc1sc2c(c1C(N)=O)CCCC2)n1c(=O)cc(C)c2cccc(C)c21. The van der Waals surface area contributed by atoms with Crippen molar-refractivity contribution in [3.63, 3.8) is 0 Å². The lowest BCUT2D eigenvalue weighted by Crippen LogP contribution is -2.33. The molecule has 1 atom stereocenters. The van der Waals surface area contributed by atoms with Crippen LogP contribution in [0.4, 0.5) is 5.00 Å². The van der Waals surface area contributed by atoms with Gasteiger partial charge in [-0.2, -0.15) is 0 Å². The van der Waals surface area contributed by atoms with Gasteiger partial charge in [0.2, 0.25) is 5.91 Å². The lowest BCUT2D eigenvalue weighted by molar-refractivity contribution is -0.119. The van der Waals surface area contributed by atoms with Crippen LogP contribution in [-0.4, -0.2) is 16.4 Å². The van der Waals surface area contributed by atoms with Crippen molar-refractivity contribution >= 4 is 39.1 Å². The van der Waals surface area contributed by atoms with Crippen LogP contribution in [0.5, 0.6) is 0 Å². The molecule has 0 bridgehead atoms. The van der Waals surface area contributed by atoms with E-state index < -0.39 is 11.9 Å². The molecule has 1 aromatic carbocycles. The van der Waals surface area contributed by atoms with E-state index in [0.29, 0.717) is 17.0 Å². The number of para-hydroxylation sites is 1. The lowest BCUT2D eigenvalue weighted by Gasteiger charge is -2.22. The van der Waals surface area contributed by atoms with Crippen molar-refractivity contribution in [3.05, 3.63) is 61.8 Å². The molecule has 1 aliphatic rings. The van der Waals surface area contributed by atoms with Crippen molar-refractivity contribution in [2.24, 2.45) is 5.73 Å². The zero-order valence-corrected chi connectivity index (χ0v) is 18.9. The molecular formula is C24H27N3O3S. The number of carbonyl (C=O) groups is 2. The standard InChI is InChI=1S/C24H27N3O3S/c1-4-17(27-19(28)12-14(3)15-10-7-8-13(2)21(15)27)23(30)26-24-20(22(25)29)16-9-5-6-11-18(16)31-24/h7-8,10,12,17H,4-6,9,11H2,1-3H3,(H2,25,29)(H,26,30). The van der Waals surface area contributed by atoms with Crippen molar-refractivity contribution in [2.45, 2.75) is 58.9 Å². The molecule has 0 fully saturated rings. The number of nitrogens with one attached hydrogen (secondary N) is 1. The highest BCUT2D eigenvalue weighted by molar-refractivity contribution is 7.17. The fraction of sp³-hybridized carbons (Fsp3) is 0.375. The monoisotopic (exact) mass is 437 g/mol. The first-order chi connectivity index (χ1) is 14.8. The highest BCUT2D eigenvalue weighted by atomic mass is 32.1. The van der Waals surface area contributed by atoms with Gasteiger partial charge in [0.25, 0.3) is 11.5 Å². The minimum Gasteiger partial charge on any atom is -0.365 e. The molecule has 1 unspecified atom stereocenters. The van der Waals surface area contributed by atoms with Gasteiger partial charge in [-0.3, -0.25) is 19.0 Å². The molecule has 1 aliphatic carbocycles. The number of nitrogens with zero attached hydrogens (tertiary/aromatic N) is 1. The molecule has 0 radical (unpaired) electrons. The molecule has 0 saturated carbocycles. The predicted molar refractivity (Wildman–Crippen MR) is 125 cm³/mol. The summed E-state index contributed by atoms with van der Waals surface area (Å²) >= 11 is 1.43. The van der Waals surface area contributed by atoms with Gasteiger partial charge in [-0.15, -0.1) is 11.3 Å². The minimum absolute atomic E-state index is 0.207. The van der Waals surface area contributed by atoms with E-state index in [2.05, 4.69) is 5.32 Å². The molecule has 31 heavy (non-hydrogen) atoms. The van der Waals surface area contributed by atoms with Crippen molar-refractivity contribution in [3.8, 4) is 0 Å². The Morgan fingerprint density at radius 3 is 2.65 bits per heavy atom. The van der Waals surface area contributed by atoms with Crippen molar-refractivity contribution in [1.82, 2.24) is 4.57 Å². The molecule has 3 N–H and O–H groups in total. The number of aromatic nitrogens is 1. The highest BCUT2D eigenvalue weighted by Crippen LogP contribution is 2.38. The number of pyridine rings is 1. The minimum atomic E-state index is -0.698. The quantitative estimate of drug-likeness (QED) is 0.625. The van der Waals surface area contributed by atoms with Crippen LogP contribution in [0.25, 0.3) is 10.9 Å². The summed E-state index contributed by atoms with van der Waals surface area (Å²) in [5.41, 5.74) is 9.47. The number of primary amides is 1. The number of rotatable bonds is 5. The first-order valence-electron chi connectivity index (χ1n) is 10.7. The summed E-state index contributed by atoms with van der Waals surface area (Å²) in [6.07, 6.45) is 4.22. The van der Waals surface area contributed by atoms with Crippen LogP contribution in [-0.2, 0) is 17.6 Å². The van der Waals surface area contributed by atoms with Crippen LogP contribution in [0, 0.1) is 13.8 Å². The van der Waals surface area contributed by atoms with E-state index >= 15 is 0 Å². The number of nitrogens with two attached hydrogens (primary N) is 1. The zero-order valence-electron chi connectivity index (χ0n) is 18.1. The fourth-order valence-electron chi connectivity index (χ4n) is 4.64. The third-order valence-electron chi connectivity index (χ3n) is 6.14. The van der Waals surface area contributed by atoms with Crippen LogP contribution in [0.15, 0.2) is 29.1 Å². The van der Waals surface area contributed by atoms with Gasteiger partial charge in [0.05, 0.1) is 11.1 Å². The topological polar surface area (TPSA) is 94.2 Å². The number of fused-ring (bicyclic) bond motifs is 2. The summed E-state index contributed by atoms with van der Waals surface area (Å²) in [6, 6.07) is 6.75. The third-order valence-corrected chi connectivity index (χ3v) is 7.34. The fourth-order valence-corrected chi connectivity index (χ4v) is 5.94. The van der Waals surface area contributed by atoms with E-state index in [1.807, 2.05) is 39.0 Å². The maximum absolute atomic E-state index is 13.4. The largest absolute Gasteiger partial charge is 0.365 e. The van der Waals surface area contributed by atoms with Crippen molar-refractivity contribution in [2.75, 3.05) is 5.32 Å². The number of carbonyl (C=O) groups excluding carboxylic acids is 2. The first kappa shape index (κ1) is 21.3. The molecule has 0 spiro atoms. The van der Waals surface area contributed by atoms with E-state index in [4.69, 9.17) is 5.73 Å². The van der Waals surface area contributed by atoms with E-state index in [0.717, 1.165) is 58.2 Å². The van der Waals surface area contributed by atoms with Gasteiger partial charge in [0.15, 0.2) is 0 Å². The van der Waals surface area contributed by atoms with Crippen molar-refractivity contribution < 1.29 is 9.59 Å². The third kappa shape index (κ3) is 3.67. The summed E-state index contributed by atoms with van der Waals surface area (Å²) in [4.78, 5) is 39.7. The van der Waals surface area contributed by atoms with E-state index in [-0.39, 0.29) is 11.5 Å². The Labute approximate surface area is 185 Å². The maximum Gasteiger partial charge on any atom is 0.252 e. The number of aryl methyl sites for hydroxylation is 3. The molecule has 2 heterocycles. The number of hydrogen-bond donors (Lipinski definition) is 2. The Bertz CT molecular complexity index is 1260. The van der Waals surface area contributed by atoms with E-state index in [9.17, 15) is 14.4 Å². The summed E-state index contributed by atoms with van der Waals surface area (Å²) in [6.45, 7) is 5.74. The molecule has 3 aromatic rings. The van der Waals surface area contributed by atoms with Gasteiger partial charge in [-0.05, 0) is 62.6 Å². The number of amides is 2. The summed E-state index contributed by atoms with van der Waals surface area (Å²) in [5, 5.41) is 4.40. The Hall–Kier alpha value is -2.93. The molecule has 0 saturated heterocycles. The number of benzene rings is 1. The van der Waals surface area contributed by atoms with Crippen LogP contribution < -0.4 is 16.6 Å². The van der Waals surface area contributed by atoms with Gasteiger partial charge >= 0.3 is 0 Å². The number of hydrogen-bond acceptors (Lipinski definition) is 4. The second-order valence-electron chi connectivity index (χ2n) is 8.20. The number of thiophene rings is 1. The average Bonchev–Trinajstić information content (AvgIpc) is 3.09. The van der Waals surface area contributed by atoms with Gasteiger partial charge < -0.3 is 11.1 Å². The Morgan fingerprint density at radius 2 is 1.94 bits per heavy atom. The summed E-state index contributed by atoms with van der Waals surface area (Å²) in [7, 11) is 0. The Morgan fingerprint density at radius 1 is 1.19 bits per heavy atom. The summed E-state index contributed by atoms with van der Waals surface area (Å²) < 4.78 is 1.59. The van der Waals surface area contributed by atoms with Gasteiger partial charge in [-0.25, -0.2) is 0 Å². The lowest BCUT2D eigenvalue weighted by atomic mass is 9.95. The van der Waals surface area contributed by atoms with Crippen LogP contribution in [0.1, 0.15) is 64.2 Å². The molecular weight excluding hydrogens is 410 g/mol. The molecule has 2 aromatic heterocycles. The van der Waals surface area contributed by atoms with Crippen LogP contribution in [0.3, 0.4) is 0 Å². The van der Waals surface area contributed by atoms with Gasteiger partial charge in [-0.1, -0.05) is 25.1 Å². The molecule has 4 rings (SSSR count). The zero-order chi connectivity index (χ0) is 22.3. The molecule has 0 aliphatic heterocycles. The Kier molecular flexibility index (Phi) is 5.71. The van der Waals surface area contributed by atoms with Gasteiger partial charge in [0, 0.05) is 16.3 Å². The smallest absolute Gasteiger partial charge is 0.252 e. The molecule has 7 heteroatoms. The average molecular weight is 438 g/mol. The number of anilines is 1. The molecule has 162 valence electrons. The second-order valence-corrected chi connectivity index (χ2v) is 9.30. The van der Waals surface area contributed by atoms with E-state index in [1.54, 1.807) is 10.6 Å². The van der Waals surface area contributed by atoms with Crippen LogP contribution >= 0.6 is 11.3 Å². The molecule has 6 nitrogen and oxygen atoms in total. The van der Waals surface area contributed by atoms with E-state index in [1.165, 1.54) is 11.3 Å². The second kappa shape index (κ2) is 8.30. The van der Waals surface area contributed by atoms with Crippen molar-refractivity contribution in [1.29, 1.82) is 0 Å². The first-order valence-corrected chi connectivity index (χ1v) is 11.5. The summed E-state index contributed by atoms with van der Waals surface area (Å²) in [5.74, 6) is -0.823. The molecule has 2 amide bonds. The maximum atomic E-state index is 13.4. The van der Waals surface area contributed by atoms with Crippen LogP contribution in [0.2, 0.25) is 0 Å². The highest BCUT2D eigenvalue weighted by Gasteiger charge is 2.28. The normalized spacial score (nSPS) is 14.3. The predicted octanol–water partition coefficient (Wildman–Crippen LogP) is 4.25. The Balaban J connectivity index is 1.79.